The van der Waals surface area contributed by atoms with Gasteiger partial charge in [0.15, 0.2) is 0 Å². The van der Waals surface area contributed by atoms with Gasteiger partial charge in [-0.05, 0) is 28.7 Å². The average Bonchev–Trinajstić information content (AvgIpc) is 2.48. The van der Waals surface area contributed by atoms with E-state index in [1.807, 2.05) is 0 Å². The zero-order valence-electron chi connectivity index (χ0n) is 9.83. The Morgan fingerprint density at radius 3 is 2.71 bits per heavy atom. The minimum Gasteiger partial charge on any atom is -0.0776 e. The molecule has 0 spiro atoms. The highest BCUT2D eigenvalue weighted by Gasteiger charge is 2.24. The molecule has 0 bridgehead atoms. The highest BCUT2D eigenvalue weighted by Crippen LogP contribution is 2.40. The molecular formula is C17H20. The van der Waals surface area contributed by atoms with Gasteiger partial charge in [-0.25, -0.2) is 0 Å². The molecule has 88 valence electrons. The standard InChI is InChI=1S/C16H16.CH4/c1-16(2)9-5-7-13-10-12-6-3-4-8-14(12)15(13)11-16;/h3-9,11H,10H2,1-2H3;1H4. The van der Waals surface area contributed by atoms with Crippen LogP contribution < -0.4 is 0 Å². The Hall–Kier alpha value is -1.56. The SMILES string of the molecule is C.CC1(C)C=CC=C2Cc3ccccc3C2=C1. The molecule has 0 heterocycles. The summed E-state index contributed by atoms with van der Waals surface area (Å²) in [6, 6.07) is 8.74. The number of hydrogen-bond acceptors (Lipinski definition) is 0. The fourth-order valence-corrected chi connectivity index (χ4v) is 2.56. The fraction of sp³-hybridized carbons (Fsp3) is 0.294. The second kappa shape index (κ2) is 4.03. The number of benzene rings is 1. The number of hydrogen-bond donors (Lipinski definition) is 0. The highest BCUT2D eigenvalue weighted by molar-refractivity contribution is 5.87. The van der Waals surface area contributed by atoms with Crippen molar-refractivity contribution in [2.45, 2.75) is 27.7 Å². The molecule has 1 aromatic rings. The zero-order valence-corrected chi connectivity index (χ0v) is 9.83. The molecule has 0 radical (unpaired) electrons. The van der Waals surface area contributed by atoms with Crippen LogP contribution in [0.1, 0.15) is 32.4 Å². The van der Waals surface area contributed by atoms with E-state index in [1.54, 1.807) is 0 Å². The van der Waals surface area contributed by atoms with Gasteiger partial charge < -0.3 is 0 Å². The summed E-state index contributed by atoms with van der Waals surface area (Å²) in [5.41, 5.74) is 5.94. The first-order valence-corrected chi connectivity index (χ1v) is 5.86. The van der Waals surface area contributed by atoms with Crippen molar-refractivity contribution in [3.8, 4) is 0 Å². The normalized spacial score (nSPS) is 19.4. The number of allylic oxidation sites excluding steroid dienone is 6. The Morgan fingerprint density at radius 1 is 1.12 bits per heavy atom. The van der Waals surface area contributed by atoms with Gasteiger partial charge >= 0.3 is 0 Å². The van der Waals surface area contributed by atoms with Crippen molar-refractivity contribution in [1.82, 2.24) is 0 Å². The van der Waals surface area contributed by atoms with E-state index in [1.165, 1.54) is 22.3 Å². The van der Waals surface area contributed by atoms with Crippen LogP contribution in [0.2, 0.25) is 0 Å². The van der Waals surface area contributed by atoms with E-state index >= 15 is 0 Å². The van der Waals surface area contributed by atoms with Gasteiger partial charge in [0.2, 0.25) is 0 Å². The van der Waals surface area contributed by atoms with Crippen molar-refractivity contribution < 1.29 is 0 Å². The van der Waals surface area contributed by atoms with Crippen molar-refractivity contribution in [1.29, 1.82) is 0 Å². The lowest BCUT2D eigenvalue weighted by Crippen LogP contribution is -2.02. The van der Waals surface area contributed by atoms with Crippen molar-refractivity contribution in [2.75, 3.05) is 0 Å². The average molecular weight is 224 g/mol. The van der Waals surface area contributed by atoms with Gasteiger partial charge in [-0.15, -0.1) is 0 Å². The van der Waals surface area contributed by atoms with Crippen molar-refractivity contribution >= 4 is 5.57 Å². The summed E-state index contributed by atoms with van der Waals surface area (Å²) in [4.78, 5) is 0. The summed E-state index contributed by atoms with van der Waals surface area (Å²) in [7, 11) is 0. The van der Waals surface area contributed by atoms with Crippen LogP contribution in [0.5, 0.6) is 0 Å². The predicted molar refractivity (Wildman–Crippen MR) is 75.9 cm³/mol. The molecule has 3 rings (SSSR count). The maximum Gasteiger partial charge on any atom is 0.00168 e. The number of fused-ring (bicyclic) bond motifs is 3. The van der Waals surface area contributed by atoms with Crippen molar-refractivity contribution in [3.63, 3.8) is 0 Å². The molecule has 0 nitrogen and oxygen atoms in total. The van der Waals surface area contributed by atoms with Crippen LogP contribution in [0.25, 0.3) is 5.57 Å². The molecule has 0 amide bonds. The van der Waals surface area contributed by atoms with Crippen LogP contribution in [0.15, 0.2) is 54.1 Å². The molecule has 0 saturated carbocycles. The Bertz CT molecular complexity index is 525. The summed E-state index contributed by atoms with van der Waals surface area (Å²) in [6.07, 6.45) is 10.2. The largest absolute Gasteiger partial charge is 0.0776 e. The van der Waals surface area contributed by atoms with Gasteiger partial charge in [0.1, 0.15) is 0 Å². The van der Waals surface area contributed by atoms with Crippen LogP contribution in [0.3, 0.4) is 0 Å². The van der Waals surface area contributed by atoms with Gasteiger partial charge in [-0.2, -0.15) is 0 Å². The second-order valence-corrected chi connectivity index (χ2v) is 5.26. The Balaban J connectivity index is 0.00000108. The maximum absolute atomic E-state index is 2.40. The van der Waals surface area contributed by atoms with Gasteiger partial charge in [-0.3, -0.25) is 0 Å². The monoisotopic (exact) mass is 224 g/mol. The molecule has 0 fully saturated rings. The van der Waals surface area contributed by atoms with Crippen LogP contribution >= 0.6 is 0 Å². The zero-order chi connectivity index (χ0) is 11.2. The number of rotatable bonds is 0. The summed E-state index contributed by atoms with van der Waals surface area (Å²) in [5.74, 6) is 0. The van der Waals surface area contributed by atoms with Crippen molar-refractivity contribution in [2.24, 2.45) is 5.41 Å². The van der Waals surface area contributed by atoms with E-state index < -0.39 is 0 Å². The maximum atomic E-state index is 2.40. The molecule has 17 heavy (non-hydrogen) atoms. The van der Waals surface area contributed by atoms with Crippen LogP contribution in [0.4, 0.5) is 0 Å². The summed E-state index contributed by atoms with van der Waals surface area (Å²) < 4.78 is 0. The third kappa shape index (κ3) is 2.00. The Kier molecular flexibility index (Phi) is 2.82. The molecule has 2 aliphatic rings. The Labute approximate surface area is 104 Å². The molecular weight excluding hydrogens is 204 g/mol. The second-order valence-electron chi connectivity index (χ2n) is 5.26. The first-order valence-electron chi connectivity index (χ1n) is 5.86. The lowest BCUT2D eigenvalue weighted by atomic mass is 9.89. The Morgan fingerprint density at radius 2 is 1.88 bits per heavy atom. The minimum absolute atomic E-state index is 0. The van der Waals surface area contributed by atoms with Crippen LogP contribution in [-0.4, -0.2) is 0 Å². The van der Waals surface area contributed by atoms with Gasteiger partial charge in [-0.1, -0.05) is 69.8 Å². The van der Waals surface area contributed by atoms with E-state index in [-0.39, 0.29) is 12.8 Å². The molecule has 0 unspecified atom stereocenters. The quantitative estimate of drug-likeness (QED) is 0.594. The molecule has 0 N–H and O–H groups in total. The van der Waals surface area contributed by atoms with Crippen molar-refractivity contribution in [3.05, 3.63) is 65.3 Å². The van der Waals surface area contributed by atoms with E-state index in [9.17, 15) is 0 Å². The van der Waals surface area contributed by atoms with E-state index in [0.29, 0.717) is 0 Å². The van der Waals surface area contributed by atoms with E-state index in [0.717, 1.165) is 6.42 Å². The van der Waals surface area contributed by atoms with Gasteiger partial charge in [0, 0.05) is 5.41 Å². The fourth-order valence-electron chi connectivity index (χ4n) is 2.56. The predicted octanol–water partition coefficient (Wildman–Crippen LogP) is 4.78. The third-order valence-corrected chi connectivity index (χ3v) is 3.37. The minimum atomic E-state index is 0. The van der Waals surface area contributed by atoms with Gasteiger partial charge in [0.25, 0.3) is 0 Å². The first kappa shape index (κ1) is 11.9. The first-order chi connectivity index (χ1) is 7.66. The molecule has 1 aromatic carbocycles. The molecule has 0 aromatic heterocycles. The highest BCUT2D eigenvalue weighted by atomic mass is 14.3. The van der Waals surface area contributed by atoms with E-state index in [4.69, 9.17) is 0 Å². The summed E-state index contributed by atoms with van der Waals surface area (Å²) >= 11 is 0. The molecule has 0 atom stereocenters. The van der Waals surface area contributed by atoms with Gasteiger partial charge in [0.05, 0.1) is 0 Å². The molecule has 0 aliphatic heterocycles. The van der Waals surface area contributed by atoms with Crippen LogP contribution in [-0.2, 0) is 6.42 Å². The smallest absolute Gasteiger partial charge is 0.00168 e. The molecule has 0 heteroatoms. The van der Waals surface area contributed by atoms with Crippen LogP contribution in [0, 0.1) is 5.41 Å². The topological polar surface area (TPSA) is 0 Å². The summed E-state index contributed by atoms with van der Waals surface area (Å²) in [6.45, 7) is 4.52. The molecule has 2 aliphatic carbocycles. The van der Waals surface area contributed by atoms with E-state index in [2.05, 4.69) is 62.4 Å². The lowest BCUT2D eigenvalue weighted by molar-refractivity contribution is 0.629. The molecule has 0 saturated heterocycles. The lowest BCUT2D eigenvalue weighted by Gasteiger charge is -2.15. The third-order valence-electron chi connectivity index (χ3n) is 3.37. The summed E-state index contributed by atoms with van der Waals surface area (Å²) in [5, 5.41) is 0.